The number of halogens is 2. The van der Waals surface area contributed by atoms with Crippen LogP contribution < -0.4 is 10.6 Å². The van der Waals surface area contributed by atoms with E-state index in [1.807, 2.05) is 91.0 Å². The summed E-state index contributed by atoms with van der Waals surface area (Å²) < 4.78 is 0. The zero-order valence-electron chi connectivity index (χ0n) is 31.1. The number of hydrogen-bond acceptors (Lipinski definition) is 6. The Morgan fingerprint density at radius 2 is 1.47 bits per heavy atom. The van der Waals surface area contributed by atoms with Gasteiger partial charge in [-0.2, -0.15) is 10.3 Å². The first kappa shape index (κ1) is 38.4. The average molecular weight is 811 g/mol. The van der Waals surface area contributed by atoms with E-state index in [1.54, 1.807) is 51.2 Å². The molecule has 0 saturated carbocycles. The zero-order chi connectivity index (χ0) is 40.3. The molecule has 290 valence electrons. The Bertz CT molecular complexity index is 2600. The Hall–Kier alpha value is -6.45. The molecule has 2 atom stereocenters. The number of amides is 5. The number of nitrogens with zero attached hydrogens (tertiary/aromatic N) is 5. The smallest absolute Gasteiger partial charge is 0.333 e. The molecule has 2 N–H and O–H groups in total. The van der Waals surface area contributed by atoms with E-state index in [0.29, 0.717) is 26.9 Å². The van der Waals surface area contributed by atoms with Gasteiger partial charge in [0, 0.05) is 30.8 Å². The lowest BCUT2D eigenvalue weighted by Gasteiger charge is -2.46. The fourth-order valence-electron chi connectivity index (χ4n) is 7.86. The number of anilines is 1. The predicted molar refractivity (Wildman–Crippen MR) is 224 cm³/mol. The summed E-state index contributed by atoms with van der Waals surface area (Å²) in [5, 5.41) is 23.1. The molecule has 0 aliphatic carbocycles. The van der Waals surface area contributed by atoms with Crippen LogP contribution in [0.15, 0.2) is 127 Å². The van der Waals surface area contributed by atoms with Crippen molar-refractivity contribution in [3.63, 3.8) is 0 Å². The standard InChI is InChI=1S/C45H37Cl2N7O4/c46-38-20-17-30(23-39(38)47)25-49-45(58)52(22-21-48)53-28-42(55)54-40(44(57)51(27-41(53)54)26-33-11-5-9-31-7-1-3-12-35(31)33)24-29-15-18-34(19-16-29)50-43(56)37-14-6-10-32-8-2-4-13-36(32)37/h1-20,23,40-41H,22,24-28H2,(H,49,58)(H,50,56)/t40-,41+/m0/s1. The van der Waals surface area contributed by atoms with Crippen LogP contribution >= 0.6 is 23.2 Å². The molecule has 0 spiro atoms. The third-order valence-electron chi connectivity index (χ3n) is 10.7. The number of carbonyl (C=O) groups is 4. The van der Waals surface area contributed by atoms with E-state index in [4.69, 9.17) is 23.2 Å². The normalized spacial score (nSPS) is 16.6. The summed E-state index contributed by atoms with van der Waals surface area (Å²) in [6.07, 6.45) is -0.561. The first-order valence-electron chi connectivity index (χ1n) is 18.8. The van der Waals surface area contributed by atoms with E-state index in [2.05, 4.69) is 16.7 Å². The third-order valence-corrected chi connectivity index (χ3v) is 11.4. The molecule has 0 unspecified atom stereocenters. The Morgan fingerprint density at radius 1 is 0.793 bits per heavy atom. The van der Waals surface area contributed by atoms with Crippen molar-refractivity contribution in [2.75, 3.05) is 25.0 Å². The largest absolute Gasteiger partial charge is 0.333 e. The molecule has 2 aliphatic heterocycles. The molecule has 0 aromatic heterocycles. The second-order valence-corrected chi connectivity index (χ2v) is 15.1. The van der Waals surface area contributed by atoms with Crippen LogP contribution in [0.25, 0.3) is 21.5 Å². The first-order chi connectivity index (χ1) is 28.2. The van der Waals surface area contributed by atoms with Gasteiger partial charge >= 0.3 is 6.03 Å². The molecule has 5 amide bonds. The van der Waals surface area contributed by atoms with Crippen molar-refractivity contribution < 1.29 is 19.2 Å². The summed E-state index contributed by atoms with van der Waals surface area (Å²) in [6.45, 7) is -0.0772. The van der Waals surface area contributed by atoms with Crippen molar-refractivity contribution in [2.45, 2.75) is 31.7 Å². The Labute approximate surface area is 344 Å². The topological polar surface area (TPSA) is 129 Å². The van der Waals surface area contributed by atoms with Crippen molar-refractivity contribution in [3.05, 3.63) is 160 Å². The van der Waals surface area contributed by atoms with Gasteiger partial charge < -0.3 is 20.4 Å². The van der Waals surface area contributed by atoms with Crippen LogP contribution in [0.5, 0.6) is 0 Å². The van der Waals surface area contributed by atoms with Crippen molar-refractivity contribution >= 4 is 74.2 Å². The SMILES string of the molecule is N#CCN(C(=O)NCc1ccc(Cl)c(Cl)c1)N1CC(=O)N2[C@@H](Cc3ccc(NC(=O)c4cccc5ccccc45)cc3)C(=O)N(Cc3cccc4ccccc34)C[C@@H]21. The summed E-state index contributed by atoms with van der Waals surface area (Å²) in [7, 11) is 0. The van der Waals surface area contributed by atoms with Crippen molar-refractivity contribution in [1.29, 1.82) is 5.26 Å². The number of nitriles is 1. The predicted octanol–water partition coefficient (Wildman–Crippen LogP) is 7.63. The van der Waals surface area contributed by atoms with Gasteiger partial charge in [-0.1, -0.05) is 120 Å². The van der Waals surface area contributed by atoms with E-state index in [1.165, 1.54) is 5.01 Å². The lowest BCUT2D eigenvalue weighted by molar-refractivity contribution is -0.157. The maximum Gasteiger partial charge on any atom is 0.333 e. The molecular formula is C45H37Cl2N7O4. The molecule has 6 aromatic rings. The van der Waals surface area contributed by atoms with Gasteiger partial charge in [0.2, 0.25) is 11.8 Å². The minimum atomic E-state index is -0.912. The van der Waals surface area contributed by atoms with Crippen LogP contribution in [-0.4, -0.2) is 75.4 Å². The lowest BCUT2D eigenvalue weighted by Crippen LogP contribution is -2.66. The second kappa shape index (κ2) is 16.6. The summed E-state index contributed by atoms with van der Waals surface area (Å²) in [4.78, 5) is 59.0. The maximum absolute atomic E-state index is 14.6. The number of carbonyl (C=O) groups excluding carboxylic acids is 4. The van der Waals surface area contributed by atoms with Gasteiger partial charge in [-0.15, -0.1) is 0 Å². The minimum Gasteiger partial charge on any atom is -0.333 e. The van der Waals surface area contributed by atoms with Gasteiger partial charge in [-0.3, -0.25) is 14.4 Å². The summed E-state index contributed by atoms with van der Waals surface area (Å²) in [6, 6.07) is 40.0. The lowest BCUT2D eigenvalue weighted by atomic mass is 9.98. The highest BCUT2D eigenvalue weighted by Gasteiger charge is 2.52. The van der Waals surface area contributed by atoms with Crippen LogP contribution in [0.4, 0.5) is 10.5 Å². The summed E-state index contributed by atoms with van der Waals surface area (Å²) in [5.41, 5.74) is 3.54. The summed E-state index contributed by atoms with van der Waals surface area (Å²) >= 11 is 12.3. The number of hydrogen-bond donors (Lipinski definition) is 2. The number of piperazine rings is 1. The molecule has 13 heteroatoms. The van der Waals surface area contributed by atoms with Crippen LogP contribution in [0.2, 0.25) is 10.0 Å². The van der Waals surface area contributed by atoms with Gasteiger partial charge in [0.25, 0.3) is 5.91 Å². The molecule has 6 aromatic carbocycles. The van der Waals surface area contributed by atoms with Crippen LogP contribution in [0, 0.1) is 11.3 Å². The highest BCUT2D eigenvalue weighted by atomic mass is 35.5. The molecule has 58 heavy (non-hydrogen) atoms. The Morgan fingerprint density at radius 3 is 2.21 bits per heavy atom. The summed E-state index contributed by atoms with van der Waals surface area (Å²) in [5.74, 6) is -0.819. The molecule has 0 radical (unpaired) electrons. The van der Waals surface area contributed by atoms with Crippen molar-refractivity contribution in [1.82, 2.24) is 25.1 Å². The fourth-order valence-corrected chi connectivity index (χ4v) is 8.18. The number of rotatable bonds is 10. The molecule has 0 bridgehead atoms. The van der Waals surface area contributed by atoms with E-state index >= 15 is 0 Å². The number of hydrazine groups is 1. The van der Waals surface area contributed by atoms with Crippen LogP contribution in [0.3, 0.4) is 0 Å². The third kappa shape index (κ3) is 7.78. The van der Waals surface area contributed by atoms with Crippen molar-refractivity contribution in [3.8, 4) is 6.07 Å². The molecular weight excluding hydrogens is 773 g/mol. The monoisotopic (exact) mass is 809 g/mol. The highest BCUT2D eigenvalue weighted by Crippen LogP contribution is 2.32. The minimum absolute atomic E-state index is 0.0977. The van der Waals surface area contributed by atoms with Gasteiger partial charge in [0.1, 0.15) is 18.8 Å². The average Bonchev–Trinajstić information content (AvgIpc) is 3.56. The second-order valence-electron chi connectivity index (χ2n) is 14.3. The number of fused-ring (bicyclic) bond motifs is 3. The zero-order valence-corrected chi connectivity index (χ0v) is 32.7. The molecule has 2 heterocycles. The van der Waals surface area contributed by atoms with Gasteiger partial charge in [0.05, 0.1) is 29.2 Å². The van der Waals surface area contributed by atoms with Gasteiger partial charge in [-0.05, 0) is 68.6 Å². The number of urea groups is 1. The van der Waals surface area contributed by atoms with Gasteiger partial charge in [-0.25, -0.2) is 9.80 Å². The molecule has 2 aliphatic rings. The Balaban J connectivity index is 1.06. The molecule has 11 nitrogen and oxygen atoms in total. The van der Waals surface area contributed by atoms with Crippen LogP contribution in [0.1, 0.15) is 27.0 Å². The van der Waals surface area contributed by atoms with Crippen molar-refractivity contribution in [2.24, 2.45) is 0 Å². The van der Waals surface area contributed by atoms with E-state index < -0.39 is 18.2 Å². The number of nitrogens with one attached hydrogen (secondary N) is 2. The van der Waals surface area contributed by atoms with E-state index in [9.17, 15) is 24.4 Å². The van der Waals surface area contributed by atoms with E-state index in [0.717, 1.165) is 32.7 Å². The Kier molecular flexibility index (Phi) is 11.0. The van der Waals surface area contributed by atoms with Crippen LogP contribution in [-0.2, 0) is 29.1 Å². The molecule has 8 rings (SSSR count). The number of benzene rings is 6. The highest BCUT2D eigenvalue weighted by molar-refractivity contribution is 6.42. The molecule has 2 saturated heterocycles. The maximum atomic E-state index is 14.6. The van der Waals surface area contributed by atoms with E-state index in [-0.39, 0.29) is 56.9 Å². The van der Waals surface area contributed by atoms with Gasteiger partial charge in [0.15, 0.2) is 0 Å². The molecule has 2 fully saturated rings. The fraction of sp³-hybridized carbons (Fsp3) is 0.178. The first-order valence-corrected chi connectivity index (χ1v) is 19.5. The quantitative estimate of drug-likeness (QED) is 0.137.